The lowest BCUT2D eigenvalue weighted by Gasteiger charge is -2.28. The van der Waals surface area contributed by atoms with Crippen molar-refractivity contribution in [2.45, 2.75) is 70.7 Å². The van der Waals surface area contributed by atoms with Gasteiger partial charge in [-0.15, -0.1) is 0 Å². The van der Waals surface area contributed by atoms with E-state index in [1.807, 2.05) is 91.0 Å². The first-order valence-electron chi connectivity index (χ1n) is 15.0. The van der Waals surface area contributed by atoms with Crippen LogP contribution in [0.2, 0.25) is 0 Å². The minimum Gasteiger partial charge on any atom is -0.467 e. The smallest absolute Gasteiger partial charge is 0.408 e. The molecule has 0 aromatic heterocycles. The second kappa shape index (κ2) is 17.4. The monoisotopic (exact) mass is 619 g/mol. The normalized spacial score (nSPS) is 20.6. The number of hydrogen-bond donors (Lipinski definition) is 1. The van der Waals surface area contributed by atoms with Crippen LogP contribution in [0.3, 0.4) is 0 Å². The summed E-state index contributed by atoms with van der Waals surface area (Å²) < 4.78 is 35.3. The number of rotatable bonds is 16. The van der Waals surface area contributed by atoms with Crippen LogP contribution < -0.4 is 5.32 Å². The Bertz CT molecular complexity index is 1340. The van der Waals surface area contributed by atoms with Crippen LogP contribution in [-0.4, -0.2) is 62.2 Å². The molecule has 1 saturated heterocycles. The van der Waals surface area contributed by atoms with Gasteiger partial charge in [-0.3, -0.25) is 0 Å². The molecule has 1 fully saturated rings. The predicted molar refractivity (Wildman–Crippen MR) is 165 cm³/mol. The summed E-state index contributed by atoms with van der Waals surface area (Å²) >= 11 is 0. The number of ether oxygens (including phenoxy) is 6. The zero-order chi connectivity index (χ0) is 32.0. The highest BCUT2D eigenvalue weighted by molar-refractivity contribution is 5.81. The summed E-state index contributed by atoms with van der Waals surface area (Å²) in [5.41, 5.74) is 2.76. The maximum atomic E-state index is 12.7. The van der Waals surface area contributed by atoms with E-state index in [0.29, 0.717) is 13.2 Å². The molecule has 1 heterocycles. The lowest BCUT2D eigenvalue weighted by atomic mass is 9.94. The molecule has 10 heteroatoms. The lowest BCUT2D eigenvalue weighted by molar-refractivity contribution is -0.191. The van der Waals surface area contributed by atoms with E-state index in [1.54, 1.807) is 6.92 Å². The maximum absolute atomic E-state index is 12.7. The van der Waals surface area contributed by atoms with Crippen molar-refractivity contribution >= 4 is 17.8 Å². The van der Waals surface area contributed by atoms with Crippen molar-refractivity contribution in [3.63, 3.8) is 0 Å². The van der Waals surface area contributed by atoms with Crippen LogP contribution in [0.15, 0.2) is 91.0 Å². The third kappa shape index (κ3) is 10.5. The predicted octanol–water partition coefficient (Wildman–Crippen LogP) is 4.98. The van der Waals surface area contributed by atoms with Gasteiger partial charge in [0.2, 0.25) is 0 Å². The molecule has 0 spiro atoms. The summed E-state index contributed by atoms with van der Waals surface area (Å²) in [6.07, 6.45) is -3.68. The maximum Gasteiger partial charge on any atom is 0.408 e. The summed E-state index contributed by atoms with van der Waals surface area (Å²) in [4.78, 5) is 37.8. The van der Waals surface area contributed by atoms with Gasteiger partial charge in [-0.05, 0) is 30.5 Å². The molecule has 1 aliphatic rings. The van der Waals surface area contributed by atoms with Gasteiger partial charge in [0.05, 0.1) is 39.1 Å². The van der Waals surface area contributed by atoms with Crippen LogP contribution in [0.5, 0.6) is 0 Å². The topological polar surface area (TPSA) is 119 Å². The van der Waals surface area contributed by atoms with Crippen molar-refractivity contribution in [1.82, 2.24) is 5.32 Å². The Hall–Kier alpha value is -4.09. The quantitative estimate of drug-likeness (QED) is 0.222. The summed E-state index contributed by atoms with van der Waals surface area (Å²) in [6.45, 7) is 3.97. The highest BCUT2D eigenvalue weighted by atomic mass is 16.7. The fourth-order valence-corrected chi connectivity index (χ4v) is 5.13. The third-order valence-corrected chi connectivity index (χ3v) is 7.41. The first kappa shape index (κ1) is 33.8. The van der Waals surface area contributed by atoms with Gasteiger partial charge >= 0.3 is 12.1 Å². The largest absolute Gasteiger partial charge is 0.467 e. The van der Waals surface area contributed by atoms with Crippen molar-refractivity contribution in [3.05, 3.63) is 108 Å². The summed E-state index contributed by atoms with van der Waals surface area (Å²) in [7, 11) is 1.22. The molecule has 0 bridgehead atoms. The van der Waals surface area contributed by atoms with Crippen LogP contribution in [0.1, 0.15) is 37.0 Å². The number of benzene rings is 3. The summed E-state index contributed by atoms with van der Waals surface area (Å²) in [5, 5.41) is 2.55. The van der Waals surface area contributed by atoms with Gasteiger partial charge in [-0.25, -0.2) is 9.59 Å². The zero-order valence-electron chi connectivity index (χ0n) is 25.8. The Balaban J connectivity index is 1.47. The number of amides is 1. The molecule has 4 rings (SSSR count). The number of methoxy groups -OCH3 is 1. The Morgan fingerprint density at radius 1 is 0.822 bits per heavy atom. The minimum absolute atomic E-state index is 0.0212. The highest BCUT2D eigenvalue weighted by Gasteiger charge is 2.48. The average molecular weight is 620 g/mol. The summed E-state index contributed by atoms with van der Waals surface area (Å²) in [6, 6.07) is 27.4. The van der Waals surface area contributed by atoms with E-state index in [-0.39, 0.29) is 25.4 Å². The molecule has 0 aliphatic carbocycles. The molecular formula is C35H41NO9. The molecule has 240 valence electrons. The van der Waals surface area contributed by atoms with Crippen molar-refractivity contribution in [3.8, 4) is 0 Å². The van der Waals surface area contributed by atoms with Crippen LogP contribution in [0.25, 0.3) is 0 Å². The molecule has 6 atom stereocenters. The number of Topliss-reactive ketones (excluding diaryl/α,β-unsaturated/α-hetero) is 1. The molecule has 0 saturated carbocycles. The Morgan fingerprint density at radius 2 is 1.38 bits per heavy atom. The number of carbonyl (C=O) groups is 3. The molecule has 3 aromatic rings. The van der Waals surface area contributed by atoms with Gasteiger partial charge < -0.3 is 38.5 Å². The van der Waals surface area contributed by atoms with E-state index in [4.69, 9.17) is 28.4 Å². The minimum atomic E-state index is -1.21. The van der Waals surface area contributed by atoms with Crippen LogP contribution >= 0.6 is 0 Å². The highest BCUT2D eigenvalue weighted by Crippen LogP contribution is 2.35. The number of alkyl carbamates (subject to hydrolysis) is 1. The number of nitrogens with one attached hydrogen (secondary N) is 1. The molecule has 1 aliphatic heterocycles. The third-order valence-electron chi connectivity index (χ3n) is 7.41. The number of hydrogen-bond acceptors (Lipinski definition) is 9. The first-order valence-corrected chi connectivity index (χ1v) is 15.0. The van der Waals surface area contributed by atoms with Crippen LogP contribution in [0.4, 0.5) is 4.79 Å². The van der Waals surface area contributed by atoms with Gasteiger partial charge in [0.15, 0.2) is 12.3 Å². The fourth-order valence-electron chi connectivity index (χ4n) is 5.13. The molecule has 10 nitrogen and oxygen atoms in total. The number of esters is 1. The van der Waals surface area contributed by atoms with Crippen molar-refractivity contribution in [2.75, 3.05) is 13.7 Å². The zero-order valence-corrected chi connectivity index (χ0v) is 25.8. The molecule has 1 amide bonds. The Labute approximate surface area is 263 Å². The van der Waals surface area contributed by atoms with Crippen molar-refractivity contribution in [1.29, 1.82) is 0 Å². The molecule has 45 heavy (non-hydrogen) atoms. The second-order valence-corrected chi connectivity index (χ2v) is 10.9. The Morgan fingerprint density at radius 3 is 1.93 bits per heavy atom. The van der Waals surface area contributed by atoms with E-state index < -0.39 is 48.6 Å². The SMILES string of the molecule is COC(=O)[C@@H](NC(=O)OCc1ccccc1)[C@@H](C)O[C@H]1O[C@H](COCc2ccccc2)[C@H](OCc2ccccc2)[C@@H]1CC(C)=O. The molecule has 1 N–H and O–H groups in total. The Kier molecular flexibility index (Phi) is 13.1. The molecule has 3 aromatic carbocycles. The average Bonchev–Trinajstić information content (AvgIpc) is 3.36. The molecular weight excluding hydrogens is 578 g/mol. The van der Waals surface area contributed by atoms with Crippen molar-refractivity contribution < 1.29 is 42.8 Å². The van der Waals surface area contributed by atoms with Crippen LogP contribution in [-0.2, 0) is 57.8 Å². The summed E-state index contributed by atoms with van der Waals surface area (Å²) in [5.74, 6) is -1.31. The number of carbonyl (C=O) groups excluding carboxylic acids is 3. The van der Waals surface area contributed by atoms with Crippen LogP contribution in [0, 0.1) is 5.92 Å². The number of ketones is 1. The molecule has 0 radical (unpaired) electrons. The van der Waals surface area contributed by atoms with Gasteiger partial charge in [-0.2, -0.15) is 0 Å². The fraction of sp³-hybridized carbons (Fsp3) is 0.400. The standard InChI is InChI=1S/C35H41NO9/c1-24(37)19-29-32(42-21-27-15-9-5-10-16-27)30(23-41-20-26-13-7-4-8-14-26)45-34(29)44-25(2)31(33(38)40-3)36-35(39)43-22-28-17-11-6-12-18-28/h4-18,25,29-32,34H,19-23H2,1-3H3,(H,36,39)/t25-,29+,30-,31+,32-,34+/m1/s1. The van der Waals surface area contributed by atoms with E-state index in [2.05, 4.69) is 5.32 Å². The van der Waals surface area contributed by atoms with E-state index >= 15 is 0 Å². The van der Waals surface area contributed by atoms with Gasteiger partial charge in [-0.1, -0.05) is 91.0 Å². The van der Waals surface area contributed by atoms with Crippen molar-refractivity contribution in [2.24, 2.45) is 5.92 Å². The van der Waals surface area contributed by atoms with Gasteiger partial charge in [0, 0.05) is 12.3 Å². The van der Waals surface area contributed by atoms with E-state index in [0.717, 1.165) is 16.7 Å². The molecule has 0 unspecified atom stereocenters. The lowest BCUT2D eigenvalue weighted by Crippen LogP contribution is -2.50. The second-order valence-electron chi connectivity index (χ2n) is 10.9. The van der Waals surface area contributed by atoms with E-state index in [9.17, 15) is 14.4 Å². The van der Waals surface area contributed by atoms with Gasteiger partial charge in [0.25, 0.3) is 0 Å². The van der Waals surface area contributed by atoms with Gasteiger partial charge in [0.1, 0.15) is 18.5 Å². The first-order chi connectivity index (χ1) is 21.8. The van der Waals surface area contributed by atoms with E-state index in [1.165, 1.54) is 14.0 Å².